The second-order valence-corrected chi connectivity index (χ2v) is 10.0. The van der Waals surface area contributed by atoms with Gasteiger partial charge in [-0.1, -0.05) is 20.8 Å². The number of aryl methyl sites for hydroxylation is 1. The number of methoxy groups -OCH3 is 1. The first-order valence-corrected chi connectivity index (χ1v) is 11.2. The predicted molar refractivity (Wildman–Crippen MR) is 118 cm³/mol. The number of aliphatic hydroxyl groups is 1. The van der Waals surface area contributed by atoms with E-state index in [2.05, 4.69) is 4.98 Å². The Kier molecular flexibility index (Phi) is 6.72. The van der Waals surface area contributed by atoms with Crippen molar-refractivity contribution in [2.45, 2.75) is 59.2 Å². The van der Waals surface area contributed by atoms with Crippen LogP contribution >= 0.6 is 11.3 Å². The normalized spacial score (nSPS) is 20.0. The number of aromatic nitrogens is 1. The number of amides is 1. The van der Waals surface area contributed by atoms with Crippen LogP contribution in [-0.2, 0) is 17.0 Å². The number of carbonyl (C=O) groups excluding carboxylic acids is 1. The summed E-state index contributed by atoms with van der Waals surface area (Å²) in [4.78, 5) is 20.2. The lowest BCUT2D eigenvalue weighted by atomic mass is 9.94. The van der Waals surface area contributed by atoms with E-state index in [1.807, 2.05) is 56.9 Å². The van der Waals surface area contributed by atoms with E-state index in [1.165, 1.54) is 11.3 Å². The summed E-state index contributed by atoms with van der Waals surface area (Å²) in [5.74, 6) is 1.68. The molecular formula is C23H32N2O4S. The minimum atomic E-state index is -0.999. The maximum absolute atomic E-state index is 12.6. The molecule has 3 rings (SSSR count). The van der Waals surface area contributed by atoms with Crippen LogP contribution in [0.15, 0.2) is 24.3 Å². The Morgan fingerprint density at radius 3 is 2.50 bits per heavy atom. The van der Waals surface area contributed by atoms with E-state index in [0.717, 1.165) is 33.5 Å². The highest BCUT2D eigenvalue weighted by Crippen LogP contribution is 2.37. The molecular weight excluding hydrogens is 400 g/mol. The number of hydrogen-bond acceptors (Lipinski definition) is 6. The number of hydrogen-bond donors (Lipinski definition) is 1. The van der Waals surface area contributed by atoms with E-state index >= 15 is 0 Å². The molecule has 1 amide bonds. The van der Waals surface area contributed by atoms with E-state index in [0.29, 0.717) is 32.5 Å². The zero-order valence-electron chi connectivity index (χ0n) is 18.5. The van der Waals surface area contributed by atoms with E-state index in [-0.39, 0.29) is 5.91 Å². The van der Waals surface area contributed by atoms with Crippen LogP contribution in [0.4, 0.5) is 0 Å². The van der Waals surface area contributed by atoms with Crippen LogP contribution in [-0.4, -0.2) is 41.1 Å². The molecule has 1 saturated heterocycles. The van der Waals surface area contributed by atoms with Gasteiger partial charge in [-0.05, 0) is 44.0 Å². The van der Waals surface area contributed by atoms with Crippen LogP contribution in [0, 0.1) is 12.3 Å². The molecule has 6 nitrogen and oxygen atoms in total. The van der Waals surface area contributed by atoms with Gasteiger partial charge in [0.15, 0.2) is 0 Å². The van der Waals surface area contributed by atoms with Crippen molar-refractivity contribution in [2.75, 3.05) is 20.2 Å². The van der Waals surface area contributed by atoms with Crippen molar-refractivity contribution in [1.82, 2.24) is 9.88 Å². The summed E-state index contributed by atoms with van der Waals surface area (Å²) >= 11 is 1.50. The Hall–Kier alpha value is -2.12. The summed E-state index contributed by atoms with van der Waals surface area (Å²) in [6, 6.07) is 7.46. The molecule has 0 radical (unpaired) electrons. The van der Waals surface area contributed by atoms with E-state index in [1.54, 1.807) is 7.11 Å². The fourth-order valence-corrected chi connectivity index (χ4v) is 4.71. The van der Waals surface area contributed by atoms with Crippen LogP contribution < -0.4 is 9.47 Å². The van der Waals surface area contributed by atoms with Crippen molar-refractivity contribution in [3.63, 3.8) is 0 Å². The number of rotatable bonds is 5. The second-order valence-electron chi connectivity index (χ2n) is 8.92. The third kappa shape index (κ3) is 5.13. The molecule has 1 aliphatic rings. The van der Waals surface area contributed by atoms with E-state index in [9.17, 15) is 9.90 Å². The summed E-state index contributed by atoms with van der Waals surface area (Å²) in [6.07, 6.45) is 1.86. The zero-order chi connectivity index (χ0) is 21.9. The van der Waals surface area contributed by atoms with Crippen molar-refractivity contribution in [1.29, 1.82) is 0 Å². The van der Waals surface area contributed by atoms with E-state index in [4.69, 9.17) is 9.47 Å². The lowest BCUT2D eigenvalue weighted by Gasteiger charge is -2.29. The fourth-order valence-electron chi connectivity index (χ4n) is 3.59. The summed E-state index contributed by atoms with van der Waals surface area (Å²) in [6.45, 7) is 9.38. The third-order valence-corrected chi connectivity index (χ3v) is 6.79. The fraction of sp³-hybridized carbons (Fsp3) is 0.565. The average Bonchev–Trinajstić information content (AvgIpc) is 2.97. The van der Waals surface area contributed by atoms with Gasteiger partial charge in [0.1, 0.15) is 28.7 Å². The standard InChI is InChI=1S/C23H32N2O4S/c1-16-19(15-29-18-9-7-17(28-5)8-10-18)30-20(24-16)23(27)11-6-13-25(14-12-23)21(26)22(2,3)4/h7-10,27H,6,11-15H2,1-5H3/t23-/m0/s1. The number of thiazole rings is 1. The molecule has 0 spiro atoms. The lowest BCUT2D eigenvalue weighted by Crippen LogP contribution is -2.40. The smallest absolute Gasteiger partial charge is 0.227 e. The van der Waals surface area contributed by atoms with Crippen LogP contribution in [0.2, 0.25) is 0 Å². The average molecular weight is 433 g/mol. The maximum Gasteiger partial charge on any atom is 0.227 e. The molecule has 0 aliphatic carbocycles. The third-order valence-electron chi connectivity index (χ3n) is 5.46. The number of carbonyl (C=O) groups is 1. The lowest BCUT2D eigenvalue weighted by molar-refractivity contribution is -0.139. The molecule has 1 N–H and O–H groups in total. The topological polar surface area (TPSA) is 71.9 Å². The monoisotopic (exact) mass is 432 g/mol. The van der Waals surface area contributed by atoms with Crippen LogP contribution in [0.3, 0.4) is 0 Å². The molecule has 1 atom stereocenters. The van der Waals surface area contributed by atoms with Crippen molar-refractivity contribution in [2.24, 2.45) is 5.41 Å². The van der Waals surface area contributed by atoms with E-state index < -0.39 is 11.0 Å². The van der Waals surface area contributed by atoms with Crippen molar-refractivity contribution < 1.29 is 19.4 Å². The first-order valence-electron chi connectivity index (χ1n) is 10.4. The number of nitrogens with zero attached hydrogens (tertiary/aromatic N) is 2. The molecule has 164 valence electrons. The van der Waals surface area contributed by atoms with Gasteiger partial charge in [0.05, 0.1) is 17.7 Å². The Morgan fingerprint density at radius 2 is 1.87 bits per heavy atom. The molecule has 1 aliphatic heterocycles. The molecule has 0 saturated carbocycles. The molecule has 7 heteroatoms. The van der Waals surface area contributed by atoms with Gasteiger partial charge in [-0.15, -0.1) is 11.3 Å². The molecule has 0 bridgehead atoms. The highest BCUT2D eigenvalue weighted by molar-refractivity contribution is 7.11. The van der Waals surface area contributed by atoms with Crippen molar-refractivity contribution in [3.05, 3.63) is 39.8 Å². The minimum Gasteiger partial charge on any atom is -0.497 e. The minimum absolute atomic E-state index is 0.135. The molecule has 2 aromatic rings. The Bertz CT molecular complexity index is 872. The van der Waals surface area contributed by atoms with Gasteiger partial charge in [-0.3, -0.25) is 4.79 Å². The van der Waals surface area contributed by atoms with Crippen molar-refractivity contribution >= 4 is 17.2 Å². The predicted octanol–water partition coefficient (Wildman–Crippen LogP) is 4.29. The van der Waals surface area contributed by atoms with Gasteiger partial charge >= 0.3 is 0 Å². The van der Waals surface area contributed by atoms with Gasteiger partial charge in [0.25, 0.3) is 0 Å². The Labute approximate surface area is 182 Å². The maximum atomic E-state index is 12.6. The molecule has 30 heavy (non-hydrogen) atoms. The largest absolute Gasteiger partial charge is 0.497 e. The molecule has 1 fully saturated rings. The summed E-state index contributed by atoms with van der Waals surface area (Å²) in [5.41, 5.74) is -0.531. The van der Waals surface area contributed by atoms with Gasteiger partial charge in [0, 0.05) is 24.9 Å². The number of likely N-dealkylation sites (tertiary alicyclic amines) is 1. The Morgan fingerprint density at radius 1 is 1.20 bits per heavy atom. The summed E-state index contributed by atoms with van der Waals surface area (Å²) in [5, 5.41) is 12.1. The van der Waals surface area contributed by atoms with Gasteiger partial charge in [0.2, 0.25) is 5.91 Å². The van der Waals surface area contributed by atoms with Gasteiger partial charge in [-0.2, -0.15) is 0 Å². The van der Waals surface area contributed by atoms with Gasteiger partial charge in [-0.25, -0.2) is 4.98 Å². The SMILES string of the molecule is COc1ccc(OCc2sc([C@]3(O)CCCN(C(=O)C(C)(C)C)CC3)nc2C)cc1. The molecule has 1 aromatic heterocycles. The molecule has 1 aromatic carbocycles. The quantitative estimate of drug-likeness (QED) is 0.763. The highest BCUT2D eigenvalue weighted by Gasteiger charge is 2.38. The summed E-state index contributed by atoms with van der Waals surface area (Å²) < 4.78 is 11.1. The van der Waals surface area contributed by atoms with Gasteiger partial charge < -0.3 is 19.5 Å². The number of ether oxygens (including phenoxy) is 2. The second kappa shape index (κ2) is 8.94. The van der Waals surface area contributed by atoms with Crippen molar-refractivity contribution in [3.8, 4) is 11.5 Å². The zero-order valence-corrected chi connectivity index (χ0v) is 19.3. The first kappa shape index (κ1) is 22.6. The molecule has 2 heterocycles. The number of benzene rings is 1. The first-order chi connectivity index (χ1) is 14.1. The highest BCUT2D eigenvalue weighted by atomic mass is 32.1. The van der Waals surface area contributed by atoms with Crippen LogP contribution in [0.5, 0.6) is 11.5 Å². The Balaban J connectivity index is 1.67. The van der Waals surface area contributed by atoms with Crippen LogP contribution in [0.1, 0.15) is 55.6 Å². The van der Waals surface area contributed by atoms with Crippen LogP contribution in [0.25, 0.3) is 0 Å². The molecule has 0 unspecified atom stereocenters. The summed E-state index contributed by atoms with van der Waals surface area (Å²) in [7, 11) is 1.63.